The topological polar surface area (TPSA) is 41.9 Å². The lowest BCUT2D eigenvalue weighted by Crippen LogP contribution is -2.42. The summed E-state index contributed by atoms with van der Waals surface area (Å²) in [5, 5.41) is 10.8. The van der Waals surface area contributed by atoms with Crippen LogP contribution in [-0.4, -0.2) is 43.4 Å². The highest BCUT2D eigenvalue weighted by molar-refractivity contribution is 5.48. The molecule has 0 spiro atoms. The molecule has 1 fully saturated rings. The van der Waals surface area contributed by atoms with Gasteiger partial charge < -0.3 is 14.6 Å². The Morgan fingerprint density at radius 2 is 1.68 bits per heavy atom. The van der Waals surface area contributed by atoms with Crippen LogP contribution in [0, 0.1) is 5.92 Å². The Hall–Kier alpha value is -2.04. The second-order valence-corrected chi connectivity index (χ2v) is 8.20. The van der Waals surface area contributed by atoms with Crippen molar-refractivity contribution in [3.63, 3.8) is 0 Å². The summed E-state index contributed by atoms with van der Waals surface area (Å²) in [5.74, 6) is 2.42. The standard InChI is InChI=1S/C24H31NO3/c1-27-23-13-19-10-11-21(12-20(19)14-24(23)28-2)25(15-17-8-9-17)16-22(26)18-6-4-3-5-7-18/h3-7,13-14,17,21-22,26H,8-12,15-16H2,1-2H3. The fourth-order valence-corrected chi connectivity index (χ4v) is 4.38. The highest BCUT2D eigenvalue weighted by Gasteiger charge is 2.32. The number of aryl methyl sites for hydroxylation is 1. The van der Waals surface area contributed by atoms with Gasteiger partial charge in [-0.05, 0) is 66.8 Å². The van der Waals surface area contributed by atoms with E-state index in [1.807, 2.05) is 30.3 Å². The quantitative estimate of drug-likeness (QED) is 0.750. The first-order chi connectivity index (χ1) is 13.7. The molecule has 4 heteroatoms. The molecule has 2 unspecified atom stereocenters. The normalized spacial score (nSPS) is 19.9. The zero-order valence-electron chi connectivity index (χ0n) is 16.9. The summed E-state index contributed by atoms with van der Waals surface area (Å²) in [4.78, 5) is 2.54. The average Bonchev–Trinajstić information content (AvgIpc) is 3.56. The van der Waals surface area contributed by atoms with Gasteiger partial charge in [0.15, 0.2) is 11.5 Å². The molecule has 0 bridgehead atoms. The number of benzene rings is 2. The molecule has 0 heterocycles. The largest absolute Gasteiger partial charge is 0.493 e. The summed E-state index contributed by atoms with van der Waals surface area (Å²) in [7, 11) is 3.39. The first kappa shape index (κ1) is 19.3. The van der Waals surface area contributed by atoms with Crippen LogP contribution in [-0.2, 0) is 12.8 Å². The Balaban J connectivity index is 1.51. The molecule has 0 saturated heterocycles. The number of nitrogens with zero attached hydrogens (tertiary/aromatic N) is 1. The molecule has 2 atom stereocenters. The minimum Gasteiger partial charge on any atom is -0.493 e. The van der Waals surface area contributed by atoms with E-state index in [-0.39, 0.29) is 0 Å². The number of aliphatic hydroxyl groups is 1. The van der Waals surface area contributed by atoms with E-state index in [0.29, 0.717) is 12.6 Å². The van der Waals surface area contributed by atoms with Gasteiger partial charge in [0.1, 0.15) is 0 Å². The smallest absolute Gasteiger partial charge is 0.161 e. The molecule has 0 radical (unpaired) electrons. The van der Waals surface area contributed by atoms with Gasteiger partial charge >= 0.3 is 0 Å². The van der Waals surface area contributed by atoms with Gasteiger partial charge in [0, 0.05) is 19.1 Å². The van der Waals surface area contributed by atoms with Crippen molar-refractivity contribution in [2.75, 3.05) is 27.3 Å². The van der Waals surface area contributed by atoms with Gasteiger partial charge in [-0.1, -0.05) is 30.3 Å². The molecule has 150 valence electrons. The Bertz CT molecular complexity index is 788. The van der Waals surface area contributed by atoms with E-state index in [9.17, 15) is 5.11 Å². The summed E-state index contributed by atoms with van der Waals surface area (Å²) in [6.45, 7) is 1.80. The van der Waals surface area contributed by atoms with Crippen molar-refractivity contribution >= 4 is 0 Å². The monoisotopic (exact) mass is 381 g/mol. The van der Waals surface area contributed by atoms with Crippen LogP contribution in [0.4, 0.5) is 0 Å². The molecule has 0 aromatic heterocycles. The van der Waals surface area contributed by atoms with Crippen LogP contribution in [0.15, 0.2) is 42.5 Å². The predicted octanol–water partition coefficient (Wildman–Crippen LogP) is 4.01. The van der Waals surface area contributed by atoms with Crippen LogP contribution in [0.3, 0.4) is 0 Å². The number of ether oxygens (including phenoxy) is 2. The molecule has 2 aromatic carbocycles. The van der Waals surface area contributed by atoms with Crippen LogP contribution in [0.2, 0.25) is 0 Å². The van der Waals surface area contributed by atoms with Crippen molar-refractivity contribution in [3.05, 3.63) is 59.2 Å². The van der Waals surface area contributed by atoms with Crippen LogP contribution in [0.1, 0.15) is 42.1 Å². The third-order valence-electron chi connectivity index (χ3n) is 6.21. The number of hydrogen-bond acceptors (Lipinski definition) is 4. The van der Waals surface area contributed by atoms with Gasteiger partial charge in [-0.15, -0.1) is 0 Å². The number of hydrogen-bond donors (Lipinski definition) is 1. The Labute approximate surface area is 168 Å². The molecule has 0 aliphatic heterocycles. The molecule has 2 aromatic rings. The minimum atomic E-state index is -0.438. The van der Waals surface area contributed by atoms with Crippen molar-refractivity contribution in [1.29, 1.82) is 0 Å². The van der Waals surface area contributed by atoms with Gasteiger partial charge in [0.05, 0.1) is 20.3 Å². The molecule has 1 N–H and O–H groups in total. The summed E-state index contributed by atoms with van der Waals surface area (Å²) >= 11 is 0. The van der Waals surface area contributed by atoms with E-state index in [0.717, 1.165) is 48.8 Å². The SMILES string of the molecule is COc1cc2c(cc1OC)CC(N(CC1CC1)CC(O)c1ccccc1)CC2. The van der Waals surface area contributed by atoms with Crippen LogP contribution < -0.4 is 9.47 Å². The van der Waals surface area contributed by atoms with Crippen molar-refractivity contribution < 1.29 is 14.6 Å². The predicted molar refractivity (Wildman–Crippen MR) is 111 cm³/mol. The molecule has 4 nitrogen and oxygen atoms in total. The maximum Gasteiger partial charge on any atom is 0.161 e. The Morgan fingerprint density at radius 1 is 1.00 bits per heavy atom. The molecule has 2 aliphatic rings. The van der Waals surface area contributed by atoms with Crippen molar-refractivity contribution in [2.45, 2.75) is 44.2 Å². The zero-order chi connectivity index (χ0) is 19.5. The van der Waals surface area contributed by atoms with Crippen molar-refractivity contribution in [3.8, 4) is 11.5 Å². The van der Waals surface area contributed by atoms with Crippen LogP contribution in [0.25, 0.3) is 0 Å². The zero-order valence-corrected chi connectivity index (χ0v) is 16.9. The molecular weight excluding hydrogens is 350 g/mol. The number of methoxy groups -OCH3 is 2. The molecule has 28 heavy (non-hydrogen) atoms. The lowest BCUT2D eigenvalue weighted by molar-refractivity contribution is 0.0778. The lowest BCUT2D eigenvalue weighted by atomic mass is 9.86. The van der Waals surface area contributed by atoms with Gasteiger partial charge in [-0.2, -0.15) is 0 Å². The molecule has 0 amide bonds. The van der Waals surface area contributed by atoms with E-state index < -0.39 is 6.10 Å². The van der Waals surface area contributed by atoms with Crippen LogP contribution >= 0.6 is 0 Å². The number of rotatable bonds is 8. The van der Waals surface area contributed by atoms with E-state index in [1.54, 1.807) is 14.2 Å². The van der Waals surface area contributed by atoms with Gasteiger partial charge in [-0.3, -0.25) is 4.90 Å². The van der Waals surface area contributed by atoms with E-state index in [1.165, 1.54) is 24.0 Å². The van der Waals surface area contributed by atoms with Crippen molar-refractivity contribution in [2.24, 2.45) is 5.92 Å². The van der Waals surface area contributed by atoms with Crippen molar-refractivity contribution in [1.82, 2.24) is 4.90 Å². The van der Waals surface area contributed by atoms with E-state index in [4.69, 9.17) is 9.47 Å². The summed E-state index contributed by atoms with van der Waals surface area (Å²) in [5.41, 5.74) is 3.72. The fraction of sp³-hybridized carbons (Fsp3) is 0.500. The second kappa shape index (κ2) is 8.54. The van der Waals surface area contributed by atoms with E-state index >= 15 is 0 Å². The maximum absolute atomic E-state index is 10.8. The first-order valence-corrected chi connectivity index (χ1v) is 10.4. The molecule has 1 saturated carbocycles. The summed E-state index contributed by atoms with van der Waals surface area (Å²) < 4.78 is 11.0. The second-order valence-electron chi connectivity index (χ2n) is 8.20. The van der Waals surface area contributed by atoms with Gasteiger partial charge in [0.25, 0.3) is 0 Å². The fourth-order valence-electron chi connectivity index (χ4n) is 4.38. The highest BCUT2D eigenvalue weighted by atomic mass is 16.5. The third kappa shape index (κ3) is 4.34. The highest BCUT2D eigenvalue weighted by Crippen LogP contribution is 2.37. The molecule has 4 rings (SSSR count). The maximum atomic E-state index is 10.8. The number of aliphatic hydroxyl groups excluding tert-OH is 1. The Kier molecular flexibility index (Phi) is 5.88. The van der Waals surface area contributed by atoms with E-state index in [2.05, 4.69) is 17.0 Å². The molecule has 2 aliphatic carbocycles. The first-order valence-electron chi connectivity index (χ1n) is 10.4. The van der Waals surface area contributed by atoms with Gasteiger partial charge in [-0.25, -0.2) is 0 Å². The molecular formula is C24H31NO3. The minimum absolute atomic E-state index is 0.438. The third-order valence-corrected chi connectivity index (χ3v) is 6.21. The number of fused-ring (bicyclic) bond motifs is 1. The summed E-state index contributed by atoms with van der Waals surface area (Å²) in [6, 6.07) is 14.8. The van der Waals surface area contributed by atoms with Gasteiger partial charge in [0.2, 0.25) is 0 Å². The lowest BCUT2D eigenvalue weighted by Gasteiger charge is -2.37. The van der Waals surface area contributed by atoms with Crippen LogP contribution in [0.5, 0.6) is 11.5 Å². The summed E-state index contributed by atoms with van der Waals surface area (Å²) in [6.07, 6.45) is 5.38. The average molecular weight is 382 g/mol. The Morgan fingerprint density at radius 3 is 2.32 bits per heavy atom.